The zero-order valence-corrected chi connectivity index (χ0v) is 16.8. The molecule has 6 nitrogen and oxygen atoms in total. The summed E-state index contributed by atoms with van der Waals surface area (Å²) in [6.45, 7) is 2.48. The molecule has 0 fully saturated rings. The first-order chi connectivity index (χ1) is 12.8. The maximum atomic E-state index is 13.4. The Morgan fingerprint density at radius 3 is 2.41 bits per heavy atom. The predicted molar refractivity (Wildman–Crippen MR) is 105 cm³/mol. The van der Waals surface area contributed by atoms with Crippen LogP contribution in [-0.2, 0) is 23.1 Å². The van der Waals surface area contributed by atoms with E-state index in [0.717, 1.165) is 5.56 Å². The van der Waals surface area contributed by atoms with E-state index in [1.807, 2.05) is 0 Å². The normalized spacial score (nSPS) is 12.3. The fourth-order valence-electron chi connectivity index (χ4n) is 2.50. The summed E-state index contributed by atoms with van der Waals surface area (Å²) in [4.78, 5) is 4.40. The van der Waals surface area contributed by atoms with Crippen LogP contribution in [0.4, 0.5) is 4.39 Å². The number of nitrogens with one attached hydrogen (secondary N) is 2. The number of rotatable bonds is 6. The molecule has 0 aliphatic carbocycles. The molecule has 0 saturated heterocycles. The average Bonchev–Trinajstić information content (AvgIpc) is 2.64. The maximum Gasteiger partial charge on any atom is 0.242 e. The van der Waals surface area contributed by atoms with Crippen LogP contribution in [0.3, 0.4) is 0 Å². The molecule has 2 N–H and O–H groups in total. The zero-order chi connectivity index (χ0) is 20.0. The van der Waals surface area contributed by atoms with Crippen molar-refractivity contribution in [3.63, 3.8) is 0 Å². The van der Waals surface area contributed by atoms with Gasteiger partial charge in [0.15, 0.2) is 5.96 Å². The first kappa shape index (κ1) is 20.9. The van der Waals surface area contributed by atoms with Crippen molar-refractivity contribution in [2.24, 2.45) is 4.99 Å². The molecule has 2 rings (SSSR count). The first-order valence-corrected chi connectivity index (χ1v) is 9.89. The number of guanidine groups is 1. The summed E-state index contributed by atoms with van der Waals surface area (Å²) in [5, 5.41) is 6.26. The molecule has 27 heavy (non-hydrogen) atoms. The molecule has 2 aromatic carbocycles. The molecule has 0 amide bonds. The Morgan fingerprint density at radius 2 is 1.78 bits per heavy atom. The lowest BCUT2D eigenvalue weighted by Crippen LogP contribution is -2.36. The van der Waals surface area contributed by atoms with E-state index < -0.39 is 10.0 Å². The van der Waals surface area contributed by atoms with Gasteiger partial charge in [0.1, 0.15) is 5.82 Å². The van der Waals surface area contributed by atoms with Gasteiger partial charge in [-0.3, -0.25) is 4.99 Å². The molecule has 2 aromatic rings. The van der Waals surface area contributed by atoms with Crippen LogP contribution in [0.5, 0.6) is 0 Å². The minimum atomic E-state index is -3.53. The van der Waals surface area contributed by atoms with Crippen molar-refractivity contribution in [2.75, 3.05) is 21.1 Å². The van der Waals surface area contributed by atoms with E-state index in [4.69, 9.17) is 0 Å². The molecular weight excluding hydrogens is 367 g/mol. The second-order valence-electron chi connectivity index (χ2n) is 6.26. The summed E-state index contributed by atoms with van der Waals surface area (Å²) in [7, 11) is 1.11. The van der Waals surface area contributed by atoms with Crippen LogP contribution in [0.25, 0.3) is 0 Å². The van der Waals surface area contributed by atoms with E-state index >= 15 is 0 Å². The third-order valence-corrected chi connectivity index (χ3v) is 6.00. The topological polar surface area (TPSA) is 73.8 Å². The van der Waals surface area contributed by atoms with Gasteiger partial charge in [-0.1, -0.05) is 30.3 Å². The van der Waals surface area contributed by atoms with Gasteiger partial charge in [-0.15, -0.1) is 0 Å². The van der Waals surface area contributed by atoms with Crippen LogP contribution in [-0.4, -0.2) is 39.8 Å². The van der Waals surface area contributed by atoms with Crippen LogP contribution in [0.2, 0.25) is 0 Å². The van der Waals surface area contributed by atoms with Crippen molar-refractivity contribution >= 4 is 16.0 Å². The van der Waals surface area contributed by atoms with E-state index in [1.54, 1.807) is 50.4 Å². The second kappa shape index (κ2) is 8.96. The van der Waals surface area contributed by atoms with Crippen LogP contribution < -0.4 is 10.6 Å². The Labute approximate surface area is 160 Å². The standard InChI is InChI=1S/C19H25FN4O2S/c1-14-11-15(9-10-17(14)20)12-22-19(21-2)23-13-16-7-5-6-8-18(16)27(25,26)24(3)4/h5-11H,12-13H2,1-4H3,(H2,21,22,23). The number of sulfonamides is 1. The van der Waals surface area contributed by atoms with E-state index in [2.05, 4.69) is 15.6 Å². The van der Waals surface area contributed by atoms with Crippen molar-refractivity contribution in [1.29, 1.82) is 0 Å². The fourth-order valence-corrected chi connectivity index (χ4v) is 3.62. The van der Waals surface area contributed by atoms with Gasteiger partial charge in [-0.2, -0.15) is 0 Å². The average molecular weight is 393 g/mol. The molecule has 0 spiro atoms. The quantitative estimate of drug-likeness (QED) is 0.584. The zero-order valence-electron chi connectivity index (χ0n) is 16.0. The Hall–Kier alpha value is -2.45. The third-order valence-electron chi connectivity index (χ3n) is 4.08. The van der Waals surface area contributed by atoms with Gasteiger partial charge in [0.25, 0.3) is 0 Å². The molecule has 0 aliphatic rings. The minimum Gasteiger partial charge on any atom is -0.352 e. The molecule has 0 unspecified atom stereocenters. The van der Waals surface area contributed by atoms with Gasteiger partial charge >= 0.3 is 0 Å². The number of hydrogen-bond acceptors (Lipinski definition) is 3. The van der Waals surface area contributed by atoms with Gasteiger partial charge in [0, 0.05) is 34.2 Å². The van der Waals surface area contributed by atoms with Crippen molar-refractivity contribution in [3.8, 4) is 0 Å². The molecule has 0 saturated carbocycles. The number of benzene rings is 2. The minimum absolute atomic E-state index is 0.236. The van der Waals surface area contributed by atoms with Crippen molar-refractivity contribution in [1.82, 2.24) is 14.9 Å². The summed E-state index contributed by atoms with van der Waals surface area (Å²) in [6, 6.07) is 11.8. The summed E-state index contributed by atoms with van der Waals surface area (Å²) >= 11 is 0. The van der Waals surface area contributed by atoms with E-state index in [0.29, 0.717) is 30.2 Å². The van der Waals surface area contributed by atoms with Gasteiger partial charge < -0.3 is 10.6 Å². The molecule has 0 radical (unpaired) electrons. The molecule has 0 bridgehead atoms. The van der Waals surface area contributed by atoms with Crippen molar-refractivity contribution in [2.45, 2.75) is 24.9 Å². The van der Waals surface area contributed by atoms with Crippen molar-refractivity contribution < 1.29 is 12.8 Å². The lowest BCUT2D eigenvalue weighted by Gasteiger charge is -2.17. The van der Waals surface area contributed by atoms with Crippen LogP contribution in [0.15, 0.2) is 52.4 Å². The molecule has 146 valence electrons. The summed E-state index contributed by atoms with van der Waals surface area (Å²) in [5.74, 6) is 0.286. The van der Waals surface area contributed by atoms with Gasteiger partial charge in [-0.25, -0.2) is 17.1 Å². The highest BCUT2D eigenvalue weighted by molar-refractivity contribution is 7.89. The Kier molecular flexibility index (Phi) is 6.92. The summed E-state index contributed by atoms with van der Waals surface area (Å²) in [6.07, 6.45) is 0. The SMILES string of the molecule is CN=C(NCc1ccc(F)c(C)c1)NCc1ccccc1S(=O)(=O)N(C)C. The number of nitrogens with zero attached hydrogens (tertiary/aromatic N) is 2. The van der Waals surface area contributed by atoms with Crippen LogP contribution in [0.1, 0.15) is 16.7 Å². The molecule has 0 aromatic heterocycles. The summed E-state index contributed by atoms with van der Waals surface area (Å²) < 4.78 is 39.5. The smallest absolute Gasteiger partial charge is 0.242 e. The number of aryl methyl sites for hydroxylation is 1. The number of aliphatic imine (C=N–C) groups is 1. The Balaban J connectivity index is 2.06. The van der Waals surface area contributed by atoms with E-state index in [1.165, 1.54) is 24.5 Å². The first-order valence-electron chi connectivity index (χ1n) is 8.45. The Bertz CT molecular complexity index is 927. The number of hydrogen-bond donors (Lipinski definition) is 2. The lowest BCUT2D eigenvalue weighted by molar-refractivity contribution is 0.519. The predicted octanol–water partition coefficient (Wildman–Crippen LogP) is 2.25. The summed E-state index contributed by atoms with van der Waals surface area (Å²) in [5.41, 5.74) is 2.15. The Morgan fingerprint density at radius 1 is 1.11 bits per heavy atom. The molecule has 0 atom stereocenters. The maximum absolute atomic E-state index is 13.4. The van der Waals surface area contributed by atoms with Crippen molar-refractivity contribution in [3.05, 3.63) is 65.0 Å². The van der Waals surface area contributed by atoms with Gasteiger partial charge in [0.2, 0.25) is 10.0 Å². The van der Waals surface area contributed by atoms with E-state index in [9.17, 15) is 12.8 Å². The largest absolute Gasteiger partial charge is 0.352 e. The third kappa shape index (κ3) is 5.27. The van der Waals surface area contributed by atoms with Gasteiger partial charge in [-0.05, 0) is 35.7 Å². The highest BCUT2D eigenvalue weighted by Crippen LogP contribution is 2.18. The monoisotopic (exact) mass is 392 g/mol. The fraction of sp³-hybridized carbons (Fsp3) is 0.316. The van der Waals surface area contributed by atoms with E-state index in [-0.39, 0.29) is 10.7 Å². The highest BCUT2D eigenvalue weighted by Gasteiger charge is 2.20. The second-order valence-corrected chi connectivity index (χ2v) is 8.38. The number of halogens is 1. The van der Waals surface area contributed by atoms with Gasteiger partial charge in [0.05, 0.1) is 4.90 Å². The van der Waals surface area contributed by atoms with Crippen LogP contribution in [0, 0.1) is 12.7 Å². The lowest BCUT2D eigenvalue weighted by atomic mass is 10.1. The molecule has 0 aliphatic heterocycles. The highest BCUT2D eigenvalue weighted by atomic mass is 32.2. The molecular formula is C19H25FN4O2S. The molecule has 8 heteroatoms. The molecule has 0 heterocycles. The van der Waals surface area contributed by atoms with Crippen LogP contribution >= 0.6 is 0 Å².